The summed E-state index contributed by atoms with van der Waals surface area (Å²) in [7, 11) is 0. The van der Waals surface area contributed by atoms with Gasteiger partial charge < -0.3 is 10.7 Å². The summed E-state index contributed by atoms with van der Waals surface area (Å²) in [5.74, 6) is 1.69. The van der Waals surface area contributed by atoms with Gasteiger partial charge in [-0.05, 0) is 55.8 Å². The highest BCUT2D eigenvalue weighted by Crippen LogP contribution is 2.28. The number of piperidine rings is 1. The Bertz CT molecular complexity index is 777. The van der Waals surface area contributed by atoms with Crippen molar-refractivity contribution in [2.45, 2.75) is 25.3 Å². The van der Waals surface area contributed by atoms with E-state index in [0.29, 0.717) is 5.92 Å². The first-order chi connectivity index (χ1) is 11.3. The lowest BCUT2D eigenvalue weighted by atomic mass is 9.96. The Labute approximate surface area is 160 Å². The number of imidazole rings is 1. The summed E-state index contributed by atoms with van der Waals surface area (Å²) in [6.45, 7) is 3.20. The molecule has 4 nitrogen and oxygen atoms in total. The fraction of sp³-hybridized carbons (Fsp3) is 0.316. The van der Waals surface area contributed by atoms with Crippen LogP contribution in [0.4, 0.5) is 5.69 Å². The molecule has 0 radical (unpaired) electrons. The van der Waals surface area contributed by atoms with Crippen molar-refractivity contribution in [1.29, 1.82) is 0 Å². The molecule has 0 saturated carbocycles. The van der Waals surface area contributed by atoms with E-state index >= 15 is 0 Å². The molecule has 2 aromatic carbocycles. The molecule has 0 atom stereocenters. The molecule has 0 bridgehead atoms. The number of H-pyrrole nitrogens is 1. The van der Waals surface area contributed by atoms with E-state index < -0.39 is 0 Å². The zero-order valence-corrected chi connectivity index (χ0v) is 15.7. The van der Waals surface area contributed by atoms with Gasteiger partial charge in [0.15, 0.2) is 0 Å². The minimum atomic E-state index is 0. The van der Waals surface area contributed by atoms with Gasteiger partial charge in [-0.2, -0.15) is 0 Å². The van der Waals surface area contributed by atoms with Crippen LogP contribution in [-0.2, 0) is 6.54 Å². The molecule has 1 aromatic heterocycles. The number of hydrogen-bond donors (Lipinski definition) is 2. The van der Waals surface area contributed by atoms with Crippen LogP contribution in [0, 0.1) is 0 Å². The van der Waals surface area contributed by atoms with Gasteiger partial charge in [-0.25, -0.2) is 4.98 Å². The highest BCUT2D eigenvalue weighted by Gasteiger charge is 2.23. The number of nitrogen functional groups attached to an aromatic ring is 1. The van der Waals surface area contributed by atoms with Gasteiger partial charge >= 0.3 is 0 Å². The Morgan fingerprint density at radius 3 is 2.52 bits per heavy atom. The number of nitrogens with one attached hydrogen (secondary N) is 1. The third kappa shape index (κ3) is 4.46. The van der Waals surface area contributed by atoms with Crippen LogP contribution in [0.5, 0.6) is 0 Å². The van der Waals surface area contributed by atoms with E-state index in [9.17, 15) is 0 Å². The van der Waals surface area contributed by atoms with Gasteiger partial charge in [-0.15, -0.1) is 24.8 Å². The van der Waals surface area contributed by atoms with Crippen molar-refractivity contribution >= 4 is 41.5 Å². The summed E-state index contributed by atoms with van der Waals surface area (Å²) in [6.07, 6.45) is 2.31. The lowest BCUT2D eigenvalue weighted by molar-refractivity contribution is 0.202. The van der Waals surface area contributed by atoms with Crippen LogP contribution in [0.1, 0.15) is 30.1 Å². The van der Waals surface area contributed by atoms with Crippen molar-refractivity contribution in [2.75, 3.05) is 18.8 Å². The van der Waals surface area contributed by atoms with Crippen LogP contribution in [0.15, 0.2) is 48.5 Å². The second kappa shape index (κ2) is 8.56. The average molecular weight is 379 g/mol. The molecular weight excluding hydrogens is 355 g/mol. The summed E-state index contributed by atoms with van der Waals surface area (Å²) in [5.41, 5.74) is 10.2. The first kappa shape index (κ1) is 19.6. The molecule has 0 amide bonds. The van der Waals surface area contributed by atoms with Gasteiger partial charge in [0, 0.05) is 18.2 Å². The third-order valence-corrected chi connectivity index (χ3v) is 4.74. The molecule has 2 heterocycles. The number of aromatic nitrogens is 2. The number of nitrogens with zero attached hydrogens (tertiary/aromatic N) is 2. The number of para-hydroxylation sites is 2. The van der Waals surface area contributed by atoms with Gasteiger partial charge in [0.25, 0.3) is 0 Å². The monoisotopic (exact) mass is 378 g/mol. The molecule has 4 rings (SSSR count). The summed E-state index contributed by atoms with van der Waals surface area (Å²) < 4.78 is 0. The Morgan fingerprint density at radius 2 is 1.80 bits per heavy atom. The fourth-order valence-corrected chi connectivity index (χ4v) is 3.48. The van der Waals surface area contributed by atoms with Crippen molar-refractivity contribution in [3.63, 3.8) is 0 Å². The number of halogens is 2. The minimum absolute atomic E-state index is 0. The van der Waals surface area contributed by atoms with Gasteiger partial charge in [0.2, 0.25) is 0 Å². The number of hydrogen-bond acceptors (Lipinski definition) is 3. The Kier molecular flexibility index (Phi) is 6.71. The first-order valence-corrected chi connectivity index (χ1v) is 8.29. The number of aromatic amines is 1. The molecule has 134 valence electrons. The smallest absolute Gasteiger partial charge is 0.110 e. The quantitative estimate of drug-likeness (QED) is 0.665. The van der Waals surface area contributed by atoms with Crippen LogP contribution in [0.25, 0.3) is 11.0 Å². The predicted molar refractivity (Wildman–Crippen MR) is 109 cm³/mol. The van der Waals surface area contributed by atoms with Crippen LogP contribution in [0.2, 0.25) is 0 Å². The molecule has 1 aliphatic rings. The number of nitrogens with two attached hydrogens (primary N) is 1. The normalized spacial score (nSPS) is 15.5. The van der Waals surface area contributed by atoms with Crippen LogP contribution in [-0.4, -0.2) is 28.0 Å². The van der Waals surface area contributed by atoms with Crippen molar-refractivity contribution in [3.8, 4) is 0 Å². The van der Waals surface area contributed by atoms with E-state index in [1.54, 1.807) is 0 Å². The zero-order valence-electron chi connectivity index (χ0n) is 14.0. The molecule has 0 unspecified atom stereocenters. The van der Waals surface area contributed by atoms with E-state index in [4.69, 9.17) is 10.7 Å². The topological polar surface area (TPSA) is 57.9 Å². The highest BCUT2D eigenvalue weighted by molar-refractivity contribution is 5.85. The Hall–Kier alpha value is -1.75. The fourth-order valence-electron chi connectivity index (χ4n) is 3.48. The summed E-state index contributed by atoms with van der Waals surface area (Å²) >= 11 is 0. The van der Waals surface area contributed by atoms with Crippen LogP contribution >= 0.6 is 24.8 Å². The SMILES string of the molecule is Cl.Cl.Nc1cccc(CN2CCC(c3nc4ccccc4[nH]3)CC2)c1. The number of rotatable bonds is 3. The maximum atomic E-state index is 5.87. The summed E-state index contributed by atoms with van der Waals surface area (Å²) in [5, 5.41) is 0. The lowest BCUT2D eigenvalue weighted by Crippen LogP contribution is -2.32. The van der Waals surface area contributed by atoms with E-state index in [0.717, 1.165) is 55.0 Å². The standard InChI is InChI=1S/C19H22N4.2ClH/c20-16-5-3-4-14(12-16)13-23-10-8-15(9-11-23)19-21-17-6-1-2-7-18(17)22-19;;/h1-7,12,15H,8-11,13,20H2,(H,21,22);2*1H. The Balaban J connectivity index is 0.00000113. The molecule has 0 aliphatic carbocycles. The average Bonchev–Trinajstić information content (AvgIpc) is 2.99. The predicted octanol–water partition coefficient (Wildman–Crippen LogP) is 4.37. The largest absolute Gasteiger partial charge is 0.399 e. The molecular formula is C19H24Cl2N4. The van der Waals surface area contributed by atoms with Crippen LogP contribution < -0.4 is 5.73 Å². The number of likely N-dealkylation sites (tertiary alicyclic amines) is 1. The highest BCUT2D eigenvalue weighted by atomic mass is 35.5. The van der Waals surface area contributed by atoms with E-state index in [2.05, 4.69) is 40.2 Å². The molecule has 0 spiro atoms. The molecule has 25 heavy (non-hydrogen) atoms. The molecule has 1 aliphatic heterocycles. The molecule has 1 fully saturated rings. The van der Waals surface area contributed by atoms with Crippen molar-refractivity contribution in [3.05, 3.63) is 59.9 Å². The molecule has 3 N–H and O–H groups in total. The number of anilines is 1. The molecule has 6 heteroatoms. The summed E-state index contributed by atoms with van der Waals surface area (Å²) in [6, 6.07) is 16.5. The van der Waals surface area contributed by atoms with Crippen molar-refractivity contribution in [1.82, 2.24) is 14.9 Å². The van der Waals surface area contributed by atoms with Gasteiger partial charge in [-0.3, -0.25) is 4.90 Å². The Morgan fingerprint density at radius 1 is 1.04 bits per heavy atom. The number of benzene rings is 2. The lowest BCUT2D eigenvalue weighted by Gasteiger charge is -2.31. The van der Waals surface area contributed by atoms with Crippen LogP contribution in [0.3, 0.4) is 0 Å². The van der Waals surface area contributed by atoms with E-state index in [1.165, 1.54) is 5.56 Å². The zero-order chi connectivity index (χ0) is 15.6. The van der Waals surface area contributed by atoms with Crippen molar-refractivity contribution in [2.24, 2.45) is 0 Å². The number of fused-ring (bicyclic) bond motifs is 1. The van der Waals surface area contributed by atoms with Gasteiger partial charge in [-0.1, -0.05) is 24.3 Å². The summed E-state index contributed by atoms with van der Waals surface area (Å²) in [4.78, 5) is 10.8. The molecule has 1 saturated heterocycles. The minimum Gasteiger partial charge on any atom is -0.399 e. The van der Waals surface area contributed by atoms with E-state index in [-0.39, 0.29) is 24.8 Å². The maximum Gasteiger partial charge on any atom is 0.110 e. The van der Waals surface area contributed by atoms with Gasteiger partial charge in [0.1, 0.15) is 5.82 Å². The first-order valence-electron chi connectivity index (χ1n) is 8.29. The van der Waals surface area contributed by atoms with Crippen molar-refractivity contribution < 1.29 is 0 Å². The molecule has 3 aromatic rings. The second-order valence-electron chi connectivity index (χ2n) is 6.43. The third-order valence-electron chi connectivity index (χ3n) is 4.74. The maximum absolute atomic E-state index is 5.87. The van der Waals surface area contributed by atoms with Gasteiger partial charge in [0.05, 0.1) is 11.0 Å². The second-order valence-corrected chi connectivity index (χ2v) is 6.43. The van der Waals surface area contributed by atoms with E-state index in [1.807, 2.05) is 18.2 Å².